The fraction of sp³-hybridized carbons (Fsp3) is 0.125. The number of ether oxygens (including phenoxy) is 1. The summed E-state index contributed by atoms with van der Waals surface area (Å²) in [5, 5.41) is 10.1. The monoisotopic (exact) mass is 346 g/mol. The average molecular weight is 348 g/mol. The van der Waals surface area contributed by atoms with Crippen molar-refractivity contribution >= 4 is 37.8 Å². The average Bonchev–Trinajstić information content (AvgIpc) is 2.02. The van der Waals surface area contributed by atoms with Gasteiger partial charge in [0.05, 0.1) is 10.4 Å². The second kappa shape index (κ2) is 7.37. The normalized spacial score (nSPS) is 9.00. The van der Waals surface area contributed by atoms with E-state index >= 15 is 0 Å². The zero-order chi connectivity index (χ0) is 9.84. The van der Waals surface area contributed by atoms with Crippen LogP contribution in [0.1, 0.15) is 0 Å². The van der Waals surface area contributed by atoms with Gasteiger partial charge in [-0.15, -0.1) is 0 Å². The van der Waals surface area contributed by atoms with Crippen LogP contribution < -0.4 is 61.2 Å². The number of benzene rings is 1. The topological polar surface area (TPSA) is 49.4 Å². The first-order valence-electron chi connectivity index (χ1n) is 3.37. The molecule has 0 bridgehead atoms. The van der Waals surface area contributed by atoms with Gasteiger partial charge in [-0.2, -0.15) is 0 Å². The van der Waals surface area contributed by atoms with Crippen molar-refractivity contribution in [3.8, 4) is 5.75 Å². The minimum absolute atomic E-state index is 0. The van der Waals surface area contributed by atoms with E-state index in [1.165, 1.54) is 0 Å². The van der Waals surface area contributed by atoms with E-state index < -0.39 is 12.6 Å². The molecule has 3 nitrogen and oxygen atoms in total. The summed E-state index contributed by atoms with van der Waals surface area (Å²) >= 11 is 6.49. The molecule has 1 rings (SSSR count). The molecule has 0 spiro atoms. The van der Waals surface area contributed by atoms with Gasteiger partial charge in [-0.3, -0.25) is 0 Å². The van der Waals surface area contributed by atoms with E-state index in [4.69, 9.17) is 4.74 Å². The molecule has 0 aromatic heterocycles. The predicted octanol–water partition coefficient (Wildman–Crippen LogP) is -1.66. The molecule has 6 heteroatoms. The molecule has 1 aromatic rings. The summed E-state index contributed by atoms with van der Waals surface area (Å²) in [4.78, 5) is 10.1. The predicted molar refractivity (Wildman–Crippen MR) is 52.3 cm³/mol. The van der Waals surface area contributed by atoms with Crippen molar-refractivity contribution in [2.24, 2.45) is 0 Å². The summed E-state index contributed by atoms with van der Waals surface area (Å²) < 4.78 is 6.51. The minimum atomic E-state index is -1.24. The second-order valence-corrected chi connectivity index (χ2v) is 4.01. The van der Waals surface area contributed by atoms with Crippen LogP contribution in [0.2, 0.25) is 0 Å². The van der Waals surface area contributed by atoms with Crippen molar-refractivity contribution in [3.05, 3.63) is 27.1 Å². The zero-order valence-corrected chi connectivity index (χ0v) is 13.7. The Balaban J connectivity index is 0.00000169. The molecule has 1 aromatic carbocycles. The van der Waals surface area contributed by atoms with Crippen LogP contribution in [0.4, 0.5) is 0 Å². The Bertz CT molecular complexity index is 330. The molecule has 0 radical (unpaired) electrons. The summed E-state index contributed by atoms with van der Waals surface area (Å²) in [6.45, 7) is -0.444. The summed E-state index contributed by atoms with van der Waals surface area (Å²) in [7, 11) is 0. The fourth-order valence-electron chi connectivity index (χ4n) is 0.729. The SMILES string of the molecule is O=C([O-])COc1ccc(Br)cc1Br.[K+]. The van der Waals surface area contributed by atoms with Gasteiger partial charge < -0.3 is 14.6 Å². The van der Waals surface area contributed by atoms with Crippen molar-refractivity contribution in [1.29, 1.82) is 0 Å². The van der Waals surface area contributed by atoms with Crippen LogP contribution in [-0.2, 0) is 4.79 Å². The van der Waals surface area contributed by atoms with Gasteiger partial charge in [0.1, 0.15) is 12.4 Å². The summed E-state index contributed by atoms with van der Waals surface area (Å²) in [6.07, 6.45) is 0. The van der Waals surface area contributed by atoms with E-state index in [1.807, 2.05) is 0 Å². The molecule has 0 saturated carbocycles. The number of carboxylic acid groups (broad SMARTS) is 1. The molecule has 0 amide bonds. The number of rotatable bonds is 3. The number of carbonyl (C=O) groups excluding carboxylic acids is 1. The fourth-order valence-corrected chi connectivity index (χ4v) is 1.89. The number of halogens is 2. The van der Waals surface area contributed by atoms with Gasteiger partial charge in [-0.05, 0) is 34.1 Å². The Hall–Kier alpha value is 1.09. The number of carbonyl (C=O) groups is 1. The Kier molecular flexibility index (Phi) is 7.95. The number of hydrogen-bond donors (Lipinski definition) is 0. The number of carboxylic acids is 1. The summed E-state index contributed by atoms with van der Waals surface area (Å²) in [5.41, 5.74) is 0. The largest absolute Gasteiger partial charge is 1.00 e. The molecule has 70 valence electrons. The van der Waals surface area contributed by atoms with E-state index in [9.17, 15) is 9.90 Å². The van der Waals surface area contributed by atoms with E-state index in [0.717, 1.165) is 4.47 Å². The smallest absolute Gasteiger partial charge is 0.546 e. The van der Waals surface area contributed by atoms with Crippen molar-refractivity contribution < 1.29 is 66.0 Å². The maximum Gasteiger partial charge on any atom is 1.00 e. The Labute approximate surface area is 141 Å². The van der Waals surface area contributed by atoms with E-state index in [0.29, 0.717) is 10.2 Å². The van der Waals surface area contributed by atoms with Crippen molar-refractivity contribution in [2.45, 2.75) is 0 Å². The van der Waals surface area contributed by atoms with Crippen LogP contribution in [-0.4, -0.2) is 12.6 Å². The quantitative estimate of drug-likeness (QED) is 0.615. The Morgan fingerprint density at radius 3 is 2.57 bits per heavy atom. The van der Waals surface area contributed by atoms with Crippen LogP contribution in [0, 0.1) is 0 Å². The standard InChI is InChI=1S/C8H6Br2O3.K/c9-5-1-2-7(6(10)3-5)13-4-8(11)12;/h1-3H,4H2,(H,11,12);/q;+1/p-1. The molecule has 0 N–H and O–H groups in total. The van der Waals surface area contributed by atoms with E-state index in [2.05, 4.69) is 31.9 Å². The molecular weight excluding hydrogens is 343 g/mol. The molecular formula is C8H5Br2KO3. The first-order chi connectivity index (χ1) is 6.09. The Morgan fingerprint density at radius 1 is 1.43 bits per heavy atom. The summed E-state index contributed by atoms with van der Waals surface area (Å²) in [6, 6.07) is 5.19. The molecule has 14 heavy (non-hydrogen) atoms. The van der Waals surface area contributed by atoms with Crippen LogP contribution >= 0.6 is 31.9 Å². The Morgan fingerprint density at radius 2 is 2.07 bits per heavy atom. The van der Waals surface area contributed by atoms with Gasteiger partial charge in [-0.1, -0.05) is 15.9 Å². The third-order valence-corrected chi connectivity index (χ3v) is 2.35. The van der Waals surface area contributed by atoms with Crippen LogP contribution in [0.3, 0.4) is 0 Å². The van der Waals surface area contributed by atoms with Crippen LogP contribution in [0.15, 0.2) is 27.1 Å². The molecule has 0 aliphatic carbocycles. The van der Waals surface area contributed by atoms with Gasteiger partial charge in [-0.25, -0.2) is 0 Å². The van der Waals surface area contributed by atoms with E-state index in [1.54, 1.807) is 18.2 Å². The van der Waals surface area contributed by atoms with Gasteiger partial charge in [0.2, 0.25) is 0 Å². The number of hydrogen-bond acceptors (Lipinski definition) is 3. The van der Waals surface area contributed by atoms with Gasteiger partial charge in [0.15, 0.2) is 0 Å². The number of aliphatic carboxylic acids is 1. The zero-order valence-electron chi connectivity index (χ0n) is 7.42. The first kappa shape index (κ1) is 15.1. The molecule has 0 saturated heterocycles. The summed E-state index contributed by atoms with van der Waals surface area (Å²) in [5.74, 6) is -0.762. The van der Waals surface area contributed by atoms with Crippen LogP contribution in [0.25, 0.3) is 0 Å². The third kappa shape index (κ3) is 5.25. The van der Waals surface area contributed by atoms with Gasteiger partial charge in [0.25, 0.3) is 0 Å². The first-order valence-corrected chi connectivity index (χ1v) is 4.96. The van der Waals surface area contributed by atoms with Crippen LogP contribution in [0.5, 0.6) is 5.75 Å². The van der Waals surface area contributed by atoms with E-state index in [-0.39, 0.29) is 51.4 Å². The van der Waals surface area contributed by atoms with Crippen molar-refractivity contribution in [1.82, 2.24) is 0 Å². The molecule has 0 atom stereocenters. The minimum Gasteiger partial charge on any atom is -0.546 e. The molecule has 0 unspecified atom stereocenters. The third-order valence-electron chi connectivity index (χ3n) is 1.24. The maximum absolute atomic E-state index is 10.1. The van der Waals surface area contributed by atoms with Crippen molar-refractivity contribution in [3.63, 3.8) is 0 Å². The molecule has 0 heterocycles. The van der Waals surface area contributed by atoms with Gasteiger partial charge in [0, 0.05) is 4.47 Å². The van der Waals surface area contributed by atoms with Crippen molar-refractivity contribution in [2.75, 3.05) is 6.61 Å². The molecule has 0 aliphatic rings. The second-order valence-electron chi connectivity index (χ2n) is 2.24. The van der Waals surface area contributed by atoms with Gasteiger partial charge >= 0.3 is 51.4 Å². The molecule has 0 fully saturated rings. The molecule has 0 aliphatic heterocycles. The maximum atomic E-state index is 10.1.